The molecule has 0 spiro atoms. The summed E-state index contributed by atoms with van der Waals surface area (Å²) in [4.78, 5) is 15.7. The Morgan fingerprint density at radius 2 is 1.93 bits per heavy atom. The molecule has 0 bridgehead atoms. The summed E-state index contributed by atoms with van der Waals surface area (Å²) in [6.07, 6.45) is 4.97. The van der Waals surface area contributed by atoms with E-state index in [0.717, 1.165) is 41.8 Å². The highest BCUT2D eigenvalue weighted by Gasteiger charge is 2.24. The number of nitrogens with one attached hydrogen (secondary N) is 2. The van der Waals surface area contributed by atoms with Crippen molar-refractivity contribution in [1.82, 2.24) is 10.3 Å². The number of H-pyrrole nitrogens is 1. The van der Waals surface area contributed by atoms with Crippen molar-refractivity contribution in [2.75, 3.05) is 6.54 Å². The molecular weight excluding hydrogens is 346 g/mol. The fourth-order valence-electron chi connectivity index (χ4n) is 3.41. The largest absolute Gasteiger partial charge is 0.361 e. The second kappa shape index (κ2) is 8.80. The number of carbonyl (C=O) groups is 1. The fourth-order valence-corrected chi connectivity index (χ4v) is 3.41. The molecule has 27 heavy (non-hydrogen) atoms. The molecule has 1 aromatic heterocycles. The van der Waals surface area contributed by atoms with Gasteiger partial charge in [-0.3, -0.25) is 4.79 Å². The number of amides is 1. The summed E-state index contributed by atoms with van der Waals surface area (Å²) in [5.74, 6) is -1.89. The van der Waals surface area contributed by atoms with Gasteiger partial charge >= 0.3 is 0 Å². The predicted octanol–water partition coefficient (Wildman–Crippen LogP) is 5.27. The van der Waals surface area contributed by atoms with Crippen molar-refractivity contribution in [2.24, 2.45) is 0 Å². The van der Waals surface area contributed by atoms with E-state index in [2.05, 4.69) is 17.2 Å². The summed E-state index contributed by atoms with van der Waals surface area (Å²) in [7, 11) is 0. The van der Waals surface area contributed by atoms with Gasteiger partial charge in [-0.1, -0.05) is 44.0 Å². The van der Waals surface area contributed by atoms with E-state index in [1.807, 2.05) is 30.5 Å². The second-order valence-corrected chi connectivity index (χ2v) is 6.77. The summed E-state index contributed by atoms with van der Waals surface area (Å²) in [5.41, 5.74) is 2.08. The number of fused-ring (bicyclic) bond motifs is 1. The summed E-state index contributed by atoms with van der Waals surface area (Å²) in [5, 5.41) is 3.85. The van der Waals surface area contributed by atoms with Crippen molar-refractivity contribution < 1.29 is 13.6 Å². The van der Waals surface area contributed by atoms with Crippen molar-refractivity contribution in [2.45, 2.75) is 38.5 Å². The molecule has 3 rings (SSSR count). The summed E-state index contributed by atoms with van der Waals surface area (Å²) in [6, 6.07) is 11.2. The molecule has 2 aromatic carbocycles. The monoisotopic (exact) mass is 370 g/mol. The lowest BCUT2D eigenvalue weighted by Gasteiger charge is -2.18. The molecule has 3 nitrogen and oxygen atoms in total. The zero-order valence-electron chi connectivity index (χ0n) is 15.4. The number of rotatable bonds is 8. The first kappa shape index (κ1) is 19.1. The van der Waals surface area contributed by atoms with Crippen LogP contribution in [0.2, 0.25) is 0 Å². The first-order valence-corrected chi connectivity index (χ1v) is 9.37. The summed E-state index contributed by atoms with van der Waals surface area (Å²) >= 11 is 0. The first-order chi connectivity index (χ1) is 13.1. The number of hydrogen-bond donors (Lipinski definition) is 2. The van der Waals surface area contributed by atoms with Crippen molar-refractivity contribution in [3.05, 3.63) is 71.4 Å². The van der Waals surface area contributed by atoms with E-state index in [9.17, 15) is 13.6 Å². The van der Waals surface area contributed by atoms with E-state index in [4.69, 9.17) is 0 Å². The average molecular weight is 370 g/mol. The van der Waals surface area contributed by atoms with Crippen molar-refractivity contribution in [3.63, 3.8) is 0 Å². The molecule has 1 unspecified atom stereocenters. The number of carbonyl (C=O) groups excluding carboxylic acids is 1. The highest BCUT2D eigenvalue weighted by atomic mass is 19.1. The van der Waals surface area contributed by atoms with Crippen LogP contribution in [0.3, 0.4) is 0 Å². The number of benzene rings is 2. The van der Waals surface area contributed by atoms with Crippen LogP contribution in [0.1, 0.15) is 49.7 Å². The predicted molar refractivity (Wildman–Crippen MR) is 104 cm³/mol. The quantitative estimate of drug-likeness (QED) is 0.521. The van der Waals surface area contributed by atoms with Crippen LogP contribution < -0.4 is 5.32 Å². The third-order valence-corrected chi connectivity index (χ3v) is 4.83. The van der Waals surface area contributed by atoms with Gasteiger partial charge in [0.05, 0.1) is 0 Å². The third kappa shape index (κ3) is 4.54. The maximum atomic E-state index is 14.5. The molecule has 0 saturated heterocycles. The molecule has 0 aliphatic heterocycles. The Kier molecular flexibility index (Phi) is 6.22. The molecule has 0 radical (unpaired) electrons. The molecule has 0 aliphatic rings. The van der Waals surface area contributed by atoms with Crippen molar-refractivity contribution >= 4 is 16.8 Å². The van der Waals surface area contributed by atoms with Crippen LogP contribution in [0.15, 0.2) is 48.7 Å². The van der Waals surface area contributed by atoms with Crippen LogP contribution in [0.5, 0.6) is 0 Å². The van der Waals surface area contributed by atoms with Crippen LogP contribution in [0.25, 0.3) is 10.9 Å². The van der Waals surface area contributed by atoms with E-state index in [1.165, 1.54) is 12.1 Å². The van der Waals surface area contributed by atoms with Crippen molar-refractivity contribution in [1.29, 1.82) is 0 Å². The standard InChI is InChI=1S/C22H24F2N2O/c1-2-3-6-11-25-22(27)13-18(16-10-9-15(23)12-20(16)24)19-14-26-21-8-5-4-7-17(19)21/h4-5,7-10,12,14,18,26H,2-3,6,11,13H2,1H3,(H,25,27). The number of unbranched alkanes of at least 4 members (excludes halogenated alkanes) is 2. The van der Waals surface area contributed by atoms with E-state index in [0.29, 0.717) is 12.1 Å². The molecule has 3 aromatic rings. The molecule has 2 N–H and O–H groups in total. The molecular formula is C22H24F2N2O. The highest BCUT2D eigenvalue weighted by Crippen LogP contribution is 2.34. The molecule has 1 heterocycles. The minimum absolute atomic E-state index is 0.108. The Morgan fingerprint density at radius 3 is 2.70 bits per heavy atom. The lowest BCUT2D eigenvalue weighted by Crippen LogP contribution is -2.26. The van der Waals surface area contributed by atoms with Crippen molar-refractivity contribution in [3.8, 4) is 0 Å². The normalized spacial score (nSPS) is 12.3. The van der Waals surface area contributed by atoms with Crippen LogP contribution >= 0.6 is 0 Å². The molecule has 5 heteroatoms. The lowest BCUT2D eigenvalue weighted by molar-refractivity contribution is -0.121. The Morgan fingerprint density at radius 1 is 1.11 bits per heavy atom. The lowest BCUT2D eigenvalue weighted by atomic mass is 9.87. The fraction of sp³-hybridized carbons (Fsp3) is 0.318. The zero-order chi connectivity index (χ0) is 19.2. The van der Waals surface area contributed by atoms with Crippen LogP contribution in [-0.2, 0) is 4.79 Å². The second-order valence-electron chi connectivity index (χ2n) is 6.77. The van der Waals surface area contributed by atoms with E-state index in [-0.39, 0.29) is 12.3 Å². The van der Waals surface area contributed by atoms with E-state index < -0.39 is 17.6 Å². The summed E-state index contributed by atoms with van der Waals surface area (Å²) < 4.78 is 27.9. The Bertz CT molecular complexity index is 920. The minimum atomic E-state index is -0.635. The van der Waals surface area contributed by atoms with Gasteiger partial charge in [0.15, 0.2) is 0 Å². The average Bonchev–Trinajstić information content (AvgIpc) is 3.08. The molecule has 1 atom stereocenters. The Labute approximate surface area is 157 Å². The molecule has 1 amide bonds. The smallest absolute Gasteiger partial charge is 0.220 e. The van der Waals surface area contributed by atoms with Gasteiger partial charge in [0.1, 0.15) is 11.6 Å². The van der Waals surface area contributed by atoms with Gasteiger partial charge in [-0.2, -0.15) is 0 Å². The highest BCUT2D eigenvalue weighted by molar-refractivity contribution is 5.86. The Hall–Kier alpha value is -2.69. The van der Waals surface area contributed by atoms with Gasteiger partial charge in [-0.15, -0.1) is 0 Å². The number of para-hydroxylation sites is 1. The van der Waals surface area contributed by atoms with Crippen LogP contribution in [0.4, 0.5) is 8.78 Å². The van der Waals surface area contributed by atoms with E-state index >= 15 is 0 Å². The van der Waals surface area contributed by atoms with Gasteiger partial charge in [0.25, 0.3) is 0 Å². The van der Waals surface area contributed by atoms with Gasteiger partial charge in [-0.05, 0) is 29.7 Å². The maximum Gasteiger partial charge on any atom is 0.220 e. The zero-order valence-corrected chi connectivity index (χ0v) is 15.4. The van der Waals surface area contributed by atoms with Gasteiger partial charge in [0.2, 0.25) is 5.91 Å². The summed E-state index contributed by atoms with van der Waals surface area (Å²) in [6.45, 7) is 2.71. The number of halogens is 2. The third-order valence-electron chi connectivity index (χ3n) is 4.83. The maximum absolute atomic E-state index is 14.5. The topological polar surface area (TPSA) is 44.9 Å². The Balaban J connectivity index is 1.91. The number of aromatic amines is 1. The van der Waals surface area contributed by atoms with E-state index in [1.54, 1.807) is 0 Å². The SMILES string of the molecule is CCCCCNC(=O)CC(c1ccc(F)cc1F)c1c[nH]c2ccccc12. The minimum Gasteiger partial charge on any atom is -0.361 e. The number of hydrogen-bond acceptors (Lipinski definition) is 1. The first-order valence-electron chi connectivity index (χ1n) is 9.37. The van der Waals surface area contributed by atoms with Crippen LogP contribution in [0, 0.1) is 11.6 Å². The molecule has 0 saturated carbocycles. The molecule has 0 aliphatic carbocycles. The van der Waals surface area contributed by atoms with Crippen LogP contribution in [-0.4, -0.2) is 17.4 Å². The van der Waals surface area contributed by atoms with Gasteiger partial charge < -0.3 is 10.3 Å². The number of aromatic nitrogens is 1. The molecule has 0 fully saturated rings. The molecule has 142 valence electrons. The van der Waals surface area contributed by atoms with Gasteiger partial charge in [0, 0.05) is 42.0 Å². The van der Waals surface area contributed by atoms with Gasteiger partial charge in [-0.25, -0.2) is 8.78 Å².